The van der Waals surface area contributed by atoms with Gasteiger partial charge in [0, 0.05) is 18.1 Å². The molecule has 11 heteroatoms. The molecular formula is C23H21F3N4O3S. The number of anilines is 2. The van der Waals surface area contributed by atoms with Crippen molar-refractivity contribution in [2.75, 3.05) is 10.0 Å². The van der Waals surface area contributed by atoms with Gasteiger partial charge in [-0.05, 0) is 54.8 Å². The van der Waals surface area contributed by atoms with Crippen LogP contribution in [-0.4, -0.2) is 24.3 Å². The van der Waals surface area contributed by atoms with Crippen LogP contribution in [-0.2, 0) is 26.4 Å². The number of benzene rings is 2. The fraction of sp³-hybridized carbons (Fsp3) is 0.261. The minimum atomic E-state index is -4.51. The summed E-state index contributed by atoms with van der Waals surface area (Å²) < 4.78 is 67.0. The van der Waals surface area contributed by atoms with Crippen LogP contribution in [0.2, 0.25) is 0 Å². The molecular weight excluding hydrogens is 469 g/mol. The van der Waals surface area contributed by atoms with Crippen molar-refractivity contribution in [2.24, 2.45) is 0 Å². The Kier molecular flexibility index (Phi) is 6.30. The third-order valence-electron chi connectivity index (χ3n) is 5.85. The number of rotatable bonds is 6. The van der Waals surface area contributed by atoms with Gasteiger partial charge in [-0.15, -0.1) is 0 Å². The maximum absolute atomic E-state index is 13.3. The molecule has 1 amide bonds. The van der Waals surface area contributed by atoms with Gasteiger partial charge in [-0.2, -0.15) is 13.2 Å². The zero-order chi connectivity index (χ0) is 24.4. The predicted molar refractivity (Wildman–Crippen MR) is 120 cm³/mol. The van der Waals surface area contributed by atoms with Crippen LogP contribution in [0.15, 0.2) is 71.9 Å². The largest absolute Gasteiger partial charge is 0.416 e. The van der Waals surface area contributed by atoms with E-state index in [0.717, 1.165) is 12.1 Å². The average molecular weight is 491 g/mol. The fourth-order valence-electron chi connectivity index (χ4n) is 4.12. The monoisotopic (exact) mass is 490 g/mol. The summed E-state index contributed by atoms with van der Waals surface area (Å²) in [7, 11) is -3.94. The molecule has 0 saturated heterocycles. The minimum absolute atomic E-state index is 0.0635. The van der Waals surface area contributed by atoms with Crippen LogP contribution < -0.4 is 10.0 Å². The summed E-state index contributed by atoms with van der Waals surface area (Å²) in [6.07, 6.45) is 0.565. The lowest BCUT2D eigenvalue weighted by atomic mass is 9.77. The molecule has 2 N–H and O–H groups in total. The normalized spacial score (nSPS) is 15.6. The molecule has 0 bridgehead atoms. The number of carbonyl (C=O) groups is 1. The van der Waals surface area contributed by atoms with Gasteiger partial charge in [0.2, 0.25) is 11.9 Å². The lowest BCUT2D eigenvalue weighted by Crippen LogP contribution is -2.38. The third kappa shape index (κ3) is 4.89. The van der Waals surface area contributed by atoms with Gasteiger partial charge < -0.3 is 5.32 Å². The van der Waals surface area contributed by atoms with E-state index < -0.39 is 33.1 Å². The number of hydrogen-bond acceptors (Lipinski definition) is 5. The highest BCUT2D eigenvalue weighted by molar-refractivity contribution is 7.92. The summed E-state index contributed by atoms with van der Waals surface area (Å²) in [5.74, 6) is -0.500. The molecule has 0 radical (unpaired) electrons. The van der Waals surface area contributed by atoms with Gasteiger partial charge in [0.15, 0.2) is 0 Å². The predicted octanol–water partition coefficient (Wildman–Crippen LogP) is 4.75. The highest BCUT2D eigenvalue weighted by Crippen LogP contribution is 2.43. The van der Waals surface area contributed by atoms with Crippen LogP contribution in [0.1, 0.15) is 36.8 Å². The molecule has 3 aromatic rings. The summed E-state index contributed by atoms with van der Waals surface area (Å²) in [5, 5.41) is 2.75. The molecule has 2 aromatic carbocycles. The number of sulfonamides is 1. The number of nitrogens with one attached hydrogen (secondary N) is 2. The Morgan fingerprint density at radius 2 is 1.59 bits per heavy atom. The van der Waals surface area contributed by atoms with Crippen molar-refractivity contribution < 1.29 is 26.4 Å². The van der Waals surface area contributed by atoms with E-state index >= 15 is 0 Å². The van der Waals surface area contributed by atoms with E-state index in [-0.39, 0.29) is 10.8 Å². The zero-order valence-corrected chi connectivity index (χ0v) is 18.7. The van der Waals surface area contributed by atoms with Crippen molar-refractivity contribution in [2.45, 2.75) is 42.2 Å². The Hall–Kier alpha value is -3.47. The van der Waals surface area contributed by atoms with E-state index in [2.05, 4.69) is 20.0 Å². The molecule has 0 atom stereocenters. The van der Waals surface area contributed by atoms with Gasteiger partial charge in [0.1, 0.15) is 0 Å². The van der Waals surface area contributed by atoms with E-state index in [4.69, 9.17) is 0 Å². The lowest BCUT2D eigenvalue weighted by molar-refractivity contribution is -0.137. The van der Waals surface area contributed by atoms with Crippen LogP contribution in [0, 0.1) is 0 Å². The average Bonchev–Trinajstić information content (AvgIpc) is 3.31. The van der Waals surface area contributed by atoms with E-state index in [9.17, 15) is 26.4 Å². The Morgan fingerprint density at radius 1 is 0.941 bits per heavy atom. The fourth-order valence-corrected chi connectivity index (χ4v) is 5.08. The second kappa shape index (κ2) is 9.05. The molecule has 0 spiro atoms. The van der Waals surface area contributed by atoms with Gasteiger partial charge in [-0.1, -0.05) is 31.0 Å². The first-order chi connectivity index (χ1) is 16.1. The molecule has 1 aliphatic rings. The summed E-state index contributed by atoms with van der Waals surface area (Å²) in [6, 6.07) is 11.9. The smallest absolute Gasteiger partial charge is 0.325 e. The molecule has 0 aliphatic heterocycles. The molecule has 34 heavy (non-hydrogen) atoms. The summed E-state index contributed by atoms with van der Waals surface area (Å²) in [4.78, 5) is 20.9. The summed E-state index contributed by atoms with van der Waals surface area (Å²) in [6.45, 7) is 0. The second-order valence-electron chi connectivity index (χ2n) is 8.02. The van der Waals surface area contributed by atoms with E-state index in [0.29, 0.717) is 36.9 Å². The Labute approximate surface area is 194 Å². The number of amides is 1. The van der Waals surface area contributed by atoms with Crippen molar-refractivity contribution in [3.63, 3.8) is 0 Å². The first-order valence-electron chi connectivity index (χ1n) is 10.5. The lowest BCUT2D eigenvalue weighted by Gasteiger charge is -2.29. The Balaban J connectivity index is 1.54. The van der Waals surface area contributed by atoms with Gasteiger partial charge in [-0.3, -0.25) is 4.79 Å². The van der Waals surface area contributed by atoms with Crippen LogP contribution in [0.3, 0.4) is 0 Å². The number of nitrogens with zero attached hydrogens (tertiary/aromatic N) is 2. The van der Waals surface area contributed by atoms with Crippen LogP contribution >= 0.6 is 0 Å². The van der Waals surface area contributed by atoms with Crippen LogP contribution in [0.4, 0.5) is 24.8 Å². The molecule has 4 rings (SSSR count). The second-order valence-corrected chi connectivity index (χ2v) is 9.71. The topological polar surface area (TPSA) is 101 Å². The molecule has 178 valence electrons. The first kappa shape index (κ1) is 23.7. The quantitative estimate of drug-likeness (QED) is 0.520. The molecule has 1 aliphatic carbocycles. The van der Waals surface area contributed by atoms with Crippen LogP contribution in [0.25, 0.3) is 0 Å². The molecule has 1 saturated carbocycles. The Bertz CT molecular complexity index is 1270. The standard InChI is InChI=1S/C23H21F3N4O3S/c24-23(25,26)17-6-3-5-16(15-17)22(11-1-2-12-22)20(31)29-18-7-9-19(10-8-18)34(32,33)30-21-27-13-4-14-28-21/h3-10,13-15H,1-2,11-12H2,(H,29,31)(H,27,28,30). The van der Waals surface area contributed by atoms with Gasteiger partial charge >= 0.3 is 6.18 Å². The minimum Gasteiger partial charge on any atom is -0.325 e. The number of alkyl halides is 3. The highest BCUT2D eigenvalue weighted by Gasteiger charge is 2.44. The van der Waals surface area contributed by atoms with Gasteiger partial charge in [-0.25, -0.2) is 23.1 Å². The Morgan fingerprint density at radius 3 is 2.21 bits per heavy atom. The first-order valence-corrected chi connectivity index (χ1v) is 12.0. The van der Waals surface area contributed by atoms with Crippen molar-refractivity contribution in [3.8, 4) is 0 Å². The van der Waals surface area contributed by atoms with E-state index in [1.54, 1.807) is 12.1 Å². The molecule has 1 fully saturated rings. The number of hydrogen-bond donors (Lipinski definition) is 2. The molecule has 1 heterocycles. The summed E-state index contributed by atoms with van der Waals surface area (Å²) in [5.41, 5.74) is -1.23. The SMILES string of the molecule is O=C(Nc1ccc(S(=O)(=O)Nc2ncccn2)cc1)C1(c2cccc(C(F)(F)F)c2)CCCC1. The number of carbonyl (C=O) groups excluding carboxylic acids is 1. The maximum Gasteiger partial charge on any atom is 0.416 e. The van der Waals surface area contributed by atoms with E-state index in [1.165, 1.54) is 42.7 Å². The molecule has 0 unspecified atom stereocenters. The van der Waals surface area contributed by atoms with Gasteiger partial charge in [0.25, 0.3) is 10.0 Å². The highest BCUT2D eigenvalue weighted by atomic mass is 32.2. The van der Waals surface area contributed by atoms with E-state index in [1.807, 2.05) is 0 Å². The molecule has 7 nitrogen and oxygen atoms in total. The number of aromatic nitrogens is 2. The van der Waals surface area contributed by atoms with Crippen molar-refractivity contribution in [1.29, 1.82) is 0 Å². The van der Waals surface area contributed by atoms with Crippen molar-refractivity contribution >= 4 is 27.6 Å². The number of halogens is 3. The molecule has 1 aromatic heterocycles. The van der Waals surface area contributed by atoms with Crippen LogP contribution in [0.5, 0.6) is 0 Å². The third-order valence-corrected chi connectivity index (χ3v) is 7.19. The summed E-state index contributed by atoms with van der Waals surface area (Å²) >= 11 is 0. The van der Waals surface area contributed by atoms with Crippen molar-refractivity contribution in [1.82, 2.24) is 9.97 Å². The maximum atomic E-state index is 13.3. The zero-order valence-electron chi connectivity index (χ0n) is 17.8. The van der Waals surface area contributed by atoms with Gasteiger partial charge in [0.05, 0.1) is 15.9 Å². The van der Waals surface area contributed by atoms with Crippen molar-refractivity contribution in [3.05, 3.63) is 78.1 Å².